The molecule has 1 aliphatic heterocycles. The number of benzene rings is 2. The lowest BCUT2D eigenvalue weighted by Crippen LogP contribution is -2.38. The fourth-order valence-corrected chi connectivity index (χ4v) is 4.04. The van der Waals surface area contributed by atoms with Crippen molar-refractivity contribution in [2.24, 2.45) is 5.92 Å². The molecule has 1 N–H and O–H groups in total. The van der Waals surface area contributed by atoms with Crippen LogP contribution in [0.25, 0.3) is 11.1 Å². The van der Waals surface area contributed by atoms with E-state index in [1.54, 1.807) is 28.0 Å². The number of aromatic nitrogens is 2. The van der Waals surface area contributed by atoms with Gasteiger partial charge >= 0.3 is 0 Å². The summed E-state index contributed by atoms with van der Waals surface area (Å²) in [5.74, 6) is -0.696. The molecule has 2 amide bonds. The first-order valence-corrected chi connectivity index (χ1v) is 10.5. The number of rotatable bonds is 5. The second-order valence-electron chi connectivity index (χ2n) is 7.71. The number of H-pyrrole nitrogens is 1. The van der Waals surface area contributed by atoms with Gasteiger partial charge in [0, 0.05) is 31.7 Å². The molecule has 1 aromatic heterocycles. The van der Waals surface area contributed by atoms with E-state index < -0.39 is 0 Å². The molecule has 0 saturated carbocycles. The number of amides is 2. The van der Waals surface area contributed by atoms with E-state index in [9.17, 15) is 14.0 Å². The average molecular weight is 420 g/mol. The number of carbonyl (C=O) groups excluding carboxylic acids is 2. The summed E-state index contributed by atoms with van der Waals surface area (Å²) < 4.78 is 14.1. The first-order valence-electron chi connectivity index (χ1n) is 10.5. The van der Waals surface area contributed by atoms with Crippen molar-refractivity contribution in [1.82, 2.24) is 19.8 Å². The fraction of sp³-hybridized carbons (Fsp3) is 0.292. The Morgan fingerprint density at radius 2 is 1.94 bits per heavy atom. The molecule has 1 atom stereocenters. The Morgan fingerprint density at radius 3 is 2.61 bits per heavy atom. The van der Waals surface area contributed by atoms with E-state index in [-0.39, 0.29) is 23.5 Å². The van der Waals surface area contributed by atoms with Crippen LogP contribution in [0, 0.1) is 11.7 Å². The second kappa shape index (κ2) is 9.12. The standard InChI is InChI=1S/C24H25FN4O2/c1-2-28-11-12-29(24(31)22-14-26-16-27-22)15-19(23(28)30)13-17-7-9-18(10-8-17)20-5-3-4-6-21(20)25/h3-10,14,16,19H,2,11-13,15H2,1H3,(H,26,27). The minimum absolute atomic E-state index is 0.0561. The number of hydrogen-bond acceptors (Lipinski definition) is 3. The Bertz CT molecular complexity index is 1050. The van der Waals surface area contributed by atoms with Crippen molar-refractivity contribution in [3.8, 4) is 11.1 Å². The van der Waals surface area contributed by atoms with Crippen molar-refractivity contribution in [3.63, 3.8) is 0 Å². The third-order valence-corrected chi connectivity index (χ3v) is 5.76. The molecule has 7 heteroatoms. The van der Waals surface area contributed by atoms with Gasteiger partial charge in [-0.3, -0.25) is 9.59 Å². The summed E-state index contributed by atoms with van der Waals surface area (Å²) in [6.45, 7) is 3.90. The van der Waals surface area contributed by atoms with Gasteiger partial charge in [0.1, 0.15) is 11.5 Å². The molecular weight excluding hydrogens is 395 g/mol. The molecule has 1 unspecified atom stereocenters. The highest BCUT2D eigenvalue weighted by molar-refractivity contribution is 5.93. The van der Waals surface area contributed by atoms with Crippen LogP contribution in [0.2, 0.25) is 0 Å². The Kier molecular flexibility index (Phi) is 6.11. The van der Waals surface area contributed by atoms with Gasteiger partial charge in [-0.15, -0.1) is 0 Å². The van der Waals surface area contributed by atoms with Gasteiger partial charge in [-0.25, -0.2) is 9.37 Å². The van der Waals surface area contributed by atoms with Crippen LogP contribution in [0.5, 0.6) is 0 Å². The van der Waals surface area contributed by atoms with E-state index in [0.29, 0.717) is 43.9 Å². The first-order chi connectivity index (χ1) is 15.1. The lowest BCUT2D eigenvalue weighted by Gasteiger charge is -2.23. The van der Waals surface area contributed by atoms with Crippen molar-refractivity contribution in [3.05, 3.63) is 78.1 Å². The van der Waals surface area contributed by atoms with E-state index in [1.165, 1.54) is 18.6 Å². The molecule has 0 radical (unpaired) electrons. The minimum atomic E-state index is -0.339. The van der Waals surface area contributed by atoms with Crippen molar-refractivity contribution in [2.75, 3.05) is 26.2 Å². The number of nitrogens with zero attached hydrogens (tertiary/aromatic N) is 3. The zero-order chi connectivity index (χ0) is 21.8. The third kappa shape index (κ3) is 4.50. The molecule has 0 spiro atoms. The van der Waals surface area contributed by atoms with Crippen LogP contribution in [-0.2, 0) is 11.2 Å². The fourth-order valence-electron chi connectivity index (χ4n) is 4.04. The average Bonchev–Trinajstić information content (AvgIpc) is 3.28. The highest BCUT2D eigenvalue weighted by Gasteiger charge is 2.32. The van der Waals surface area contributed by atoms with Crippen LogP contribution in [0.1, 0.15) is 23.0 Å². The normalized spacial score (nSPS) is 17.0. The minimum Gasteiger partial charge on any atom is -0.341 e. The largest absolute Gasteiger partial charge is 0.341 e. The Balaban J connectivity index is 1.53. The van der Waals surface area contributed by atoms with Crippen LogP contribution in [0.4, 0.5) is 4.39 Å². The maximum atomic E-state index is 14.1. The summed E-state index contributed by atoms with van der Waals surface area (Å²) >= 11 is 0. The predicted molar refractivity (Wildman–Crippen MR) is 116 cm³/mol. The molecule has 1 fully saturated rings. The summed E-state index contributed by atoms with van der Waals surface area (Å²) in [7, 11) is 0. The zero-order valence-electron chi connectivity index (χ0n) is 17.4. The zero-order valence-corrected chi connectivity index (χ0v) is 17.4. The second-order valence-corrected chi connectivity index (χ2v) is 7.71. The quantitative estimate of drug-likeness (QED) is 0.688. The first kappa shape index (κ1) is 20.8. The molecule has 6 nitrogen and oxygen atoms in total. The molecular formula is C24H25FN4O2. The highest BCUT2D eigenvalue weighted by Crippen LogP contribution is 2.24. The number of halogens is 1. The van der Waals surface area contributed by atoms with Gasteiger partial charge in [-0.1, -0.05) is 42.5 Å². The monoisotopic (exact) mass is 420 g/mol. The molecule has 2 aromatic carbocycles. The van der Waals surface area contributed by atoms with Crippen molar-refractivity contribution >= 4 is 11.8 Å². The summed E-state index contributed by atoms with van der Waals surface area (Å²) in [6.07, 6.45) is 3.49. The van der Waals surface area contributed by atoms with E-state index in [2.05, 4.69) is 9.97 Å². The maximum absolute atomic E-state index is 14.1. The van der Waals surface area contributed by atoms with Gasteiger partial charge in [-0.05, 0) is 30.5 Å². The Hall–Kier alpha value is -3.48. The molecule has 4 rings (SSSR count). The molecule has 160 valence electrons. The highest BCUT2D eigenvalue weighted by atomic mass is 19.1. The van der Waals surface area contributed by atoms with Crippen LogP contribution >= 0.6 is 0 Å². The lowest BCUT2D eigenvalue weighted by molar-refractivity contribution is -0.134. The van der Waals surface area contributed by atoms with E-state index in [0.717, 1.165) is 11.1 Å². The SMILES string of the molecule is CCN1CCN(C(=O)c2cnc[nH]2)CC(Cc2ccc(-c3ccccc3F)cc2)C1=O. The molecule has 0 bridgehead atoms. The van der Waals surface area contributed by atoms with E-state index >= 15 is 0 Å². The van der Waals surface area contributed by atoms with Crippen LogP contribution in [-0.4, -0.2) is 57.8 Å². The topological polar surface area (TPSA) is 69.3 Å². The van der Waals surface area contributed by atoms with Crippen molar-refractivity contribution in [2.45, 2.75) is 13.3 Å². The van der Waals surface area contributed by atoms with Gasteiger partial charge in [0.2, 0.25) is 5.91 Å². The van der Waals surface area contributed by atoms with Gasteiger partial charge in [-0.2, -0.15) is 0 Å². The lowest BCUT2D eigenvalue weighted by atomic mass is 9.95. The summed E-state index contributed by atoms with van der Waals surface area (Å²) in [5.41, 5.74) is 2.74. The number of nitrogens with one attached hydrogen (secondary N) is 1. The molecule has 31 heavy (non-hydrogen) atoms. The number of imidazole rings is 1. The van der Waals surface area contributed by atoms with E-state index in [4.69, 9.17) is 0 Å². The Labute approximate surface area is 180 Å². The smallest absolute Gasteiger partial charge is 0.271 e. The molecule has 0 aliphatic carbocycles. The number of likely N-dealkylation sites (N-methyl/N-ethyl adjacent to an activating group) is 1. The molecule has 1 saturated heterocycles. The number of carbonyl (C=O) groups is 2. The Morgan fingerprint density at radius 1 is 1.16 bits per heavy atom. The van der Waals surface area contributed by atoms with Crippen LogP contribution < -0.4 is 0 Å². The van der Waals surface area contributed by atoms with Gasteiger partial charge in [0.25, 0.3) is 5.91 Å². The summed E-state index contributed by atoms with van der Waals surface area (Å²) in [6, 6.07) is 14.3. The van der Waals surface area contributed by atoms with Gasteiger partial charge < -0.3 is 14.8 Å². The predicted octanol–water partition coefficient (Wildman–Crippen LogP) is 3.38. The van der Waals surface area contributed by atoms with Crippen LogP contribution in [0.15, 0.2) is 61.1 Å². The molecule has 3 aromatic rings. The summed E-state index contributed by atoms with van der Waals surface area (Å²) in [5, 5.41) is 0. The maximum Gasteiger partial charge on any atom is 0.271 e. The summed E-state index contributed by atoms with van der Waals surface area (Å²) in [4.78, 5) is 36.2. The third-order valence-electron chi connectivity index (χ3n) is 5.76. The van der Waals surface area contributed by atoms with Crippen LogP contribution in [0.3, 0.4) is 0 Å². The number of aromatic amines is 1. The van der Waals surface area contributed by atoms with E-state index in [1.807, 2.05) is 31.2 Å². The molecule has 2 heterocycles. The number of hydrogen-bond donors (Lipinski definition) is 1. The van der Waals surface area contributed by atoms with Crippen molar-refractivity contribution in [1.29, 1.82) is 0 Å². The van der Waals surface area contributed by atoms with Gasteiger partial charge in [0.15, 0.2) is 0 Å². The molecule has 1 aliphatic rings. The van der Waals surface area contributed by atoms with Gasteiger partial charge in [0.05, 0.1) is 18.4 Å². The van der Waals surface area contributed by atoms with Crippen molar-refractivity contribution < 1.29 is 14.0 Å².